The van der Waals surface area contributed by atoms with Crippen LogP contribution in [0.25, 0.3) is 0 Å². The molecule has 0 aliphatic heterocycles. The fourth-order valence-electron chi connectivity index (χ4n) is 1.98. The van der Waals surface area contributed by atoms with Crippen LogP contribution >= 0.6 is 11.6 Å². The second kappa shape index (κ2) is 6.50. The molecule has 0 atom stereocenters. The molecule has 0 fully saturated rings. The Morgan fingerprint density at radius 3 is 2.62 bits per heavy atom. The Kier molecular flexibility index (Phi) is 4.70. The number of nitrogens with one attached hydrogen (secondary N) is 1. The zero-order valence-corrected chi connectivity index (χ0v) is 12.8. The largest absolute Gasteiger partial charge is 0.398 e. The van der Waals surface area contributed by atoms with E-state index in [9.17, 15) is 4.79 Å². The van der Waals surface area contributed by atoms with Crippen molar-refractivity contribution >= 4 is 28.9 Å². The van der Waals surface area contributed by atoms with Gasteiger partial charge in [0.25, 0.3) is 5.91 Å². The monoisotopic (exact) mass is 303 g/mol. The van der Waals surface area contributed by atoms with Crippen molar-refractivity contribution in [1.82, 2.24) is 4.90 Å². The van der Waals surface area contributed by atoms with E-state index in [0.717, 1.165) is 5.56 Å². The Hall–Kier alpha value is -2.20. The molecular formula is C16H18ClN3O. The van der Waals surface area contributed by atoms with E-state index in [1.54, 1.807) is 32.3 Å². The summed E-state index contributed by atoms with van der Waals surface area (Å²) in [6.45, 7) is 0.528. The molecule has 0 spiro atoms. The summed E-state index contributed by atoms with van der Waals surface area (Å²) in [4.78, 5) is 13.7. The summed E-state index contributed by atoms with van der Waals surface area (Å²) in [6.07, 6.45) is 0. The number of hydrogen-bond acceptors (Lipinski definition) is 3. The number of para-hydroxylation sites is 1. The average Bonchev–Trinajstić information content (AvgIpc) is 2.46. The highest BCUT2D eigenvalue weighted by atomic mass is 35.5. The summed E-state index contributed by atoms with van der Waals surface area (Å²) in [6, 6.07) is 12.8. The summed E-state index contributed by atoms with van der Waals surface area (Å²) in [5.74, 6) is -0.0739. The van der Waals surface area contributed by atoms with Crippen LogP contribution in [-0.2, 0) is 6.54 Å². The first-order valence-corrected chi connectivity index (χ1v) is 6.95. The molecule has 0 aliphatic carbocycles. The van der Waals surface area contributed by atoms with Gasteiger partial charge < -0.3 is 16.0 Å². The van der Waals surface area contributed by atoms with E-state index in [1.807, 2.05) is 24.3 Å². The summed E-state index contributed by atoms with van der Waals surface area (Å²) in [5.41, 5.74) is 8.89. The number of carbonyl (C=O) groups is 1. The standard InChI is InChI=1S/C16H18ClN3O/c1-20(2)16(21)13-8-7-12(17)9-15(13)19-10-11-5-3-4-6-14(11)18/h3-9,19H,10,18H2,1-2H3. The van der Waals surface area contributed by atoms with Gasteiger partial charge in [0.15, 0.2) is 0 Å². The number of nitrogen functional groups attached to an aromatic ring is 1. The molecule has 0 aromatic heterocycles. The molecule has 1 amide bonds. The summed E-state index contributed by atoms with van der Waals surface area (Å²) < 4.78 is 0. The number of amides is 1. The molecule has 21 heavy (non-hydrogen) atoms. The summed E-state index contributed by atoms with van der Waals surface area (Å²) in [7, 11) is 3.44. The molecule has 0 bridgehead atoms. The zero-order chi connectivity index (χ0) is 15.4. The van der Waals surface area contributed by atoms with Crippen molar-refractivity contribution in [2.45, 2.75) is 6.54 Å². The minimum Gasteiger partial charge on any atom is -0.398 e. The minimum absolute atomic E-state index is 0.0739. The first-order valence-electron chi connectivity index (χ1n) is 6.57. The number of rotatable bonds is 4. The van der Waals surface area contributed by atoms with Gasteiger partial charge in [0.1, 0.15) is 0 Å². The van der Waals surface area contributed by atoms with E-state index < -0.39 is 0 Å². The molecule has 0 unspecified atom stereocenters. The van der Waals surface area contributed by atoms with Gasteiger partial charge in [0.2, 0.25) is 0 Å². The van der Waals surface area contributed by atoms with Crippen LogP contribution in [0.5, 0.6) is 0 Å². The number of hydrogen-bond donors (Lipinski definition) is 2. The zero-order valence-electron chi connectivity index (χ0n) is 12.1. The fourth-order valence-corrected chi connectivity index (χ4v) is 2.15. The van der Waals surface area contributed by atoms with Crippen LogP contribution in [0.2, 0.25) is 5.02 Å². The quantitative estimate of drug-likeness (QED) is 0.853. The van der Waals surface area contributed by atoms with Crippen molar-refractivity contribution in [2.75, 3.05) is 25.1 Å². The van der Waals surface area contributed by atoms with E-state index in [4.69, 9.17) is 17.3 Å². The number of halogens is 1. The molecule has 4 nitrogen and oxygen atoms in total. The fraction of sp³-hybridized carbons (Fsp3) is 0.188. The first-order chi connectivity index (χ1) is 9.99. The third-order valence-corrected chi connectivity index (χ3v) is 3.38. The maximum Gasteiger partial charge on any atom is 0.255 e. The maximum absolute atomic E-state index is 12.2. The van der Waals surface area contributed by atoms with E-state index in [1.165, 1.54) is 4.90 Å². The van der Waals surface area contributed by atoms with Gasteiger partial charge in [-0.3, -0.25) is 4.79 Å². The second-order valence-corrected chi connectivity index (χ2v) is 5.38. The lowest BCUT2D eigenvalue weighted by Gasteiger charge is -2.16. The van der Waals surface area contributed by atoms with E-state index in [2.05, 4.69) is 5.32 Å². The van der Waals surface area contributed by atoms with Crippen molar-refractivity contribution in [3.63, 3.8) is 0 Å². The smallest absolute Gasteiger partial charge is 0.255 e. The Balaban J connectivity index is 2.25. The highest BCUT2D eigenvalue weighted by molar-refractivity contribution is 6.31. The molecule has 0 saturated heterocycles. The minimum atomic E-state index is -0.0739. The molecule has 0 saturated carbocycles. The lowest BCUT2D eigenvalue weighted by atomic mass is 10.1. The van der Waals surface area contributed by atoms with Crippen LogP contribution in [0.1, 0.15) is 15.9 Å². The highest BCUT2D eigenvalue weighted by Crippen LogP contribution is 2.23. The Morgan fingerprint density at radius 2 is 1.95 bits per heavy atom. The van der Waals surface area contributed by atoms with E-state index in [-0.39, 0.29) is 5.91 Å². The van der Waals surface area contributed by atoms with Crippen molar-refractivity contribution < 1.29 is 4.79 Å². The lowest BCUT2D eigenvalue weighted by molar-refractivity contribution is 0.0828. The van der Waals surface area contributed by atoms with Gasteiger partial charge in [0, 0.05) is 37.0 Å². The Bertz CT molecular complexity index is 656. The Morgan fingerprint density at radius 1 is 1.24 bits per heavy atom. The molecular weight excluding hydrogens is 286 g/mol. The van der Waals surface area contributed by atoms with Crippen LogP contribution in [0.4, 0.5) is 11.4 Å². The summed E-state index contributed by atoms with van der Waals surface area (Å²) in [5, 5.41) is 3.81. The van der Waals surface area contributed by atoms with Gasteiger partial charge in [-0.25, -0.2) is 0 Å². The molecule has 5 heteroatoms. The topological polar surface area (TPSA) is 58.4 Å². The normalized spacial score (nSPS) is 10.2. The van der Waals surface area contributed by atoms with Crippen LogP contribution in [0.3, 0.4) is 0 Å². The van der Waals surface area contributed by atoms with Crippen LogP contribution in [0, 0.1) is 0 Å². The van der Waals surface area contributed by atoms with Gasteiger partial charge in [0.05, 0.1) is 5.56 Å². The van der Waals surface area contributed by atoms with Crippen LogP contribution < -0.4 is 11.1 Å². The van der Waals surface area contributed by atoms with Crippen LogP contribution in [0.15, 0.2) is 42.5 Å². The number of carbonyl (C=O) groups excluding carboxylic acids is 1. The molecule has 0 radical (unpaired) electrons. The number of nitrogens with two attached hydrogens (primary N) is 1. The predicted molar refractivity (Wildman–Crippen MR) is 87.7 cm³/mol. The third kappa shape index (κ3) is 3.67. The molecule has 3 N–H and O–H groups in total. The van der Waals surface area contributed by atoms with E-state index >= 15 is 0 Å². The number of nitrogens with zero attached hydrogens (tertiary/aromatic N) is 1. The van der Waals surface area contributed by atoms with E-state index in [0.29, 0.717) is 28.5 Å². The van der Waals surface area contributed by atoms with Crippen molar-refractivity contribution in [3.8, 4) is 0 Å². The number of anilines is 2. The van der Waals surface area contributed by atoms with Gasteiger partial charge in [-0.15, -0.1) is 0 Å². The van der Waals surface area contributed by atoms with Gasteiger partial charge in [-0.05, 0) is 29.8 Å². The molecule has 110 valence electrons. The number of benzene rings is 2. The second-order valence-electron chi connectivity index (χ2n) is 4.94. The third-order valence-electron chi connectivity index (χ3n) is 3.14. The van der Waals surface area contributed by atoms with Crippen LogP contribution in [-0.4, -0.2) is 24.9 Å². The SMILES string of the molecule is CN(C)C(=O)c1ccc(Cl)cc1NCc1ccccc1N. The molecule has 0 aliphatic rings. The molecule has 2 aromatic rings. The highest BCUT2D eigenvalue weighted by Gasteiger charge is 2.13. The summed E-state index contributed by atoms with van der Waals surface area (Å²) >= 11 is 6.02. The van der Waals surface area contributed by atoms with Gasteiger partial charge in [-0.2, -0.15) is 0 Å². The van der Waals surface area contributed by atoms with Crippen molar-refractivity contribution in [3.05, 3.63) is 58.6 Å². The predicted octanol–water partition coefficient (Wildman–Crippen LogP) is 3.24. The van der Waals surface area contributed by atoms with Gasteiger partial charge >= 0.3 is 0 Å². The van der Waals surface area contributed by atoms with Crippen molar-refractivity contribution in [2.24, 2.45) is 0 Å². The maximum atomic E-state index is 12.2. The van der Waals surface area contributed by atoms with Gasteiger partial charge in [-0.1, -0.05) is 29.8 Å². The Labute approximate surface area is 129 Å². The lowest BCUT2D eigenvalue weighted by Crippen LogP contribution is -2.23. The van der Waals surface area contributed by atoms with Crippen molar-refractivity contribution in [1.29, 1.82) is 0 Å². The molecule has 0 heterocycles. The average molecular weight is 304 g/mol. The first kappa shape index (κ1) is 15.2. The molecule has 2 aromatic carbocycles. The molecule has 2 rings (SSSR count).